The van der Waals surface area contributed by atoms with E-state index in [-0.39, 0.29) is 11.4 Å². The summed E-state index contributed by atoms with van der Waals surface area (Å²) in [7, 11) is -2.01. The summed E-state index contributed by atoms with van der Waals surface area (Å²) < 4.78 is 26.6. The maximum atomic E-state index is 12.6. The Labute approximate surface area is 123 Å². The van der Waals surface area contributed by atoms with Crippen molar-refractivity contribution in [1.82, 2.24) is 9.29 Å². The Kier molecular flexibility index (Phi) is 4.42. The molecule has 0 spiro atoms. The van der Waals surface area contributed by atoms with E-state index < -0.39 is 10.0 Å². The lowest BCUT2D eigenvalue weighted by Crippen LogP contribution is -2.27. The zero-order valence-corrected chi connectivity index (χ0v) is 13.0. The third kappa shape index (κ3) is 3.00. The van der Waals surface area contributed by atoms with Crippen LogP contribution in [0, 0.1) is 0 Å². The summed E-state index contributed by atoms with van der Waals surface area (Å²) in [4.78, 5) is 4.39. The molecule has 0 unspecified atom stereocenters. The SMILES string of the molecule is CCc1ccc(N)cc1S(=O)(=O)N(C)Cc1cscn1. The van der Waals surface area contributed by atoms with Crippen molar-refractivity contribution < 1.29 is 8.42 Å². The van der Waals surface area contributed by atoms with Crippen molar-refractivity contribution in [3.63, 3.8) is 0 Å². The van der Waals surface area contributed by atoms with E-state index in [9.17, 15) is 8.42 Å². The normalized spacial score (nSPS) is 11.9. The number of hydrogen-bond acceptors (Lipinski definition) is 5. The number of aryl methyl sites for hydroxylation is 1. The summed E-state index contributed by atoms with van der Waals surface area (Å²) in [6, 6.07) is 5.00. The van der Waals surface area contributed by atoms with Crippen LogP contribution in [0.5, 0.6) is 0 Å². The topological polar surface area (TPSA) is 76.3 Å². The monoisotopic (exact) mass is 311 g/mol. The Morgan fingerprint density at radius 1 is 1.40 bits per heavy atom. The van der Waals surface area contributed by atoms with Crippen LogP contribution in [-0.2, 0) is 23.0 Å². The first kappa shape index (κ1) is 15.0. The molecular weight excluding hydrogens is 294 g/mol. The van der Waals surface area contributed by atoms with Crippen molar-refractivity contribution in [3.05, 3.63) is 40.3 Å². The third-order valence-corrected chi connectivity index (χ3v) is 5.55. The van der Waals surface area contributed by atoms with Gasteiger partial charge in [-0.1, -0.05) is 13.0 Å². The van der Waals surface area contributed by atoms with Crippen LogP contribution in [0.1, 0.15) is 18.2 Å². The molecule has 1 aromatic heterocycles. The van der Waals surface area contributed by atoms with Gasteiger partial charge in [0, 0.05) is 18.1 Å². The van der Waals surface area contributed by atoms with Gasteiger partial charge in [-0.2, -0.15) is 4.31 Å². The van der Waals surface area contributed by atoms with Crippen LogP contribution in [0.15, 0.2) is 34.0 Å². The number of benzene rings is 1. The summed E-state index contributed by atoms with van der Waals surface area (Å²) in [5.74, 6) is 0. The Balaban J connectivity index is 2.36. The summed E-state index contributed by atoms with van der Waals surface area (Å²) in [6.07, 6.45) is 0.638. The molecule has 0 atom stereocenters. The van der Waals surface area contributed by atoms with Crippen LogP contribution in [0.25, 0.3) is 0 Å². The van der Waals surface area contributed by atoms with Crippen LogP contribution in [0.3, 0.4) is 0 Å². The lowest BCUT2D eigenvalue weighted by molar-refractivity contribution is 0.462. The zero-order chi connectivity index (χ0) is 14.8. The molecular formula is C13H17N3O2S2. The number of rotatable bonds is 5. The lowest BCUT2D eigenvalue weighted by atomic mass is 10.1. The summed E-state index contributed by atoms with van der Waals surface area (Å²) in [6.45, 7) is 2.18. The standard InChI is InChI=1S/C13H17N3O2S2/c1-3-10-4-5-11(14)6-13(10)20(17,18)16(2)7-12-8-19-9-15-12/h4-6,8-9H,3,7,14H2,1-2H3. The van der Waals surface area contributed by atoms with Crippen molar-refractivity contribution in [3.8, 4) is 0 Å². The minimum absolute atomic E-state index is 0.254. The van der Waals surface area contributed by atoms with Gasteiger partial charge in [-0.25, -0.2) is 13.4 Å². The fourth-order valence-corrected chi connectivity index (χ4v) is 3.92. The van der Waals surface area contributed by atoms with Gasteiger partial charge in [0.15, 0.2) is 0 Å². The number of sulfonamides is 1. The number of nitrogen functional groups attached to an aromatic ring is 1. The van der Waals surface area contributed by atoms with E-state index in [2.05, 4.69) is 4.98 Å². The minimum atomic E-state index is -3.56. The first-order chi connectivity index (χ1) is 9.45. The first-order valence-electron chi connectivity index (χ1n) is 6.17. The number of nitrogens with zero attached hydrogens (tertiary/aromatic N) is 2. The molecule has 0 fully saturated rings. The highest BCUT2D eigenvalue weighted by Crippen LogP contribution is 2.23. The highest BCUT2D eigenvalue weighted by atomic mass is 32.2. The number of nitrogens with two attached hydrogens (primary N) is 1. The molecule has 0 saturated carbocycles. The Morgan fingerprint density at radius 3 is 2.75 bits per heavy atom. The van der Waals surface area contributed by atoms with E-state index in [1.807, 2.05) is 12.3 Å². The van der Waals surface area contributed by atoms with E-state index in [1.165, 1.54) is 21.7 Å². The Bertz CT molecular complexity index is 682. The molecule has 0 aliphatic heterocycles. The van der Waals surface area contributed by atoms with Crippen molar-refractivity contribution >= 4 is 27.0 Å². The molecule has 0 radical (unpaired) electrons. The van der Waals surface area contributed by atoms with Crippen LogP contribution in [-0.4, -0.2) is 24.8 Å². The average Bonchev–Trinajstić information content (AvgIpc) is 2.91. The highest BCUT2D eigenvalue weighted by molar-refractivity contribution is 7.89. The lowest BCUT2D eigenvalue weighted by Gasteiger charge is -2.18. The Morgan fingerprint density at radius 2 is 2.15 bits per heavy atom. The molecule has 5 nitrogen and oxygen atoms in total. The van der Waals surface area contributed by atoms with Gasteiger partial charge >= 0.3 is 0 Å². The molecule has 2 N–H and O–H groups in total. The van der Waals surface area contributed by atoms with Gasteiger partial charge in [0.05, 0.1) is 22.6 Å². The van der Waals surface area contributed by atoms with Crippen LogP contribution >= 0.6 is 11.3 Å². The quantitative estimate of drug-likeness (QED) is 0.858. The van der Waals surface area contributed by atoms with Gasteiger partial charge in [0.1, 0.15) is 0 Å². The summed E-state index contributed by atoms with van der Waals surface area (Å²) >= 11 is 1.45. The third-order valence-electron chi connectivity index (χ3n) is 3.03. The number of aromatic nitrogens is 1. The second kappa shape index (κ2) is 5.90. The number of hydrogen-bond donors (Lipinski definition) is 1. The van der Waals surface area contributed by atoms with Gasteiger partial charge in [-0.3, -0.25) is 0 Å². The predicted molar refractivity (Wildman–Crippen MR) is 81.0 cm³/mol. The van der Waals surface area contributed by atoms with Gasteiger partial charge in [-0.15, -0.1) is 11.3 Å². The fourth-order valence-electron chi connectivity index (χ4n) is 1.90. The van der Waals surface area contributed by atoms with E-state index in [4.69, 9.17) is 5.73 Å². The highest BCUT2D eigenvalue weighted by Gasteiger charge is 2.24. The van der Waals surface area contributed by atoms with E-state index in [0.29, 0.717) is 12.1 Å². The zero-order valence-electron chi connectivity index (χ0n) is 11.4. The molecule has 0 amide bonds. The Hall–Kier alpha value is -1.44. The van der Waals surface area contributed by atoms with Crippen LogP contribution in [0.2, 0.25) is 0 Å². The van der Waals surface area contributed by atoms with E-state index >= 15 is 0 Å². The first-order valence-corrected chi connectivity index (χ1v) is 8.55. The maximum absolute atomic E-state index is 12.6. The van der Waals surface area contributed by atoms with Gasteiger partial charge in [0.2, 0.25) is 10.0 Å². The minimum Gasteiger partial charge on any atom is -0.399 e. The molecule has 7 heteroatoms. The number of thiazole rings is 1. The van der Waals surface area contributed by atoms with Crippen LogP contribution < -0.4 is 5.73 Å². The fraction of sp³-hybridized carbons (Fsp3) is 0.308. The molecule has 1 heterocycles. The van der Waals surface area contributed by atoms with E-state index in [0.717, 1.165) is 11.3 Å². The molecule has 0 aliphatic carbocycles. The summed E-state index contributed by atoms with van der Waals surface area (Å²) in [5, 5.41) is 1.84. The second-order valence-corrected chi connectivity index (χ2v) is 7.19. The molecule has 1 aromatic carbocycles. The van der Waals surface area contributed by atoms with Gasteiger partial charge in [0.25, 0.3) is 0 Å². The molecule has 0 bridgehead atoms. The van der Waals surface area contributed by atoms with Gasteiger partial charge < -0.3 is 5.73 Å². The smallest absolute Gasteiger partial charge is 0.243 e. The summed E-state index contributed by atoms with van der Waals surface area (Å²) in [5.41, 5.74) is 9.36. The second-order valence-electron chi connectivity index (χ2n) is 4.46. The van der Waals surface area contributed by atoms with Crippen molar-refractivity contribution in [1.29, 1.82) is 0 Å². The van der Waals surface area contributed by atoms with Crippen LogP contribution in [0.4, 0.5) is 5.69 Å². The largest absolute Gasteiger partial charge is 0.399 e. The van der Waals surface area contributed by atoms with E-state index in [1.54, 1.807) is 24.7 Å². The number of anilines is 1. The predicted octanol–water partition coefficient (Wildman–Crippen LogP) is 2.11. The van der Waals surface area contributed by atoms with Crippen molar-refractivity contribution in [2.45, 2.75) is 24.8 Å². The molecule has 0 saturated heterocycles. The maximum Gasteiger partial charge on any atom is 0.243 e. The average molecular weight is 311 g/mol. The van der Waals surface area contributed by atoms with Gasteiger partial charge in [-0.05, 0) is 24.1 Å². The molecule has 0 aliphatic rings. The molecule has 2 aromatic rings. The molecule has 20 heavy (non-hydrogen) atoms. The van der Waals surface area contributed by atoms with Crippen molar-refractivity contribution in [2.24, 2.45) is 0 Å². The van der Waals surface area contributed by atoms with Crippen molar-refractivity contribution in [2.75, 3.05) is 12.8 Å². The molecule has 2 rings (SSSR count). The molecule has 108 valence electrons.